The summed E-state index contributed by atoms with van der Waals surface area (Å²) in [5.41, 5.74) is 0. The number of amides is 1. The quantitative estimate of drug-likeness (QED) is 0.497. The molecule has 16 heavy (non-hydrogen) atoms. The van der Waals surface area contributed by atoms with Crippen molar-refractivity contribution in [3.05, 3.63) is 0 Å². The molecule has 0 rings (SSSR count). The number of terminal acetylenes is 1. The Hall–Kier alpha value is -0.660. The topological polar surface area (TPSA) is 41.1 Å². The second-order valence-electron chi connectivity index (χ2n) is 3.70. The van der Waals surface area contributed by atoms with E-state index >= 15 is 0 Å². The minimum Gasteiger partial charge on any atom is -0.344 e. The number of rotatable bonds is 8. The zero-order chi connectivity index (χ0) is 12.4. The lowest BCUT2D eigenvalue weighted by Crippen LogP contribution is -2.45. The second-order valence-corrected chi connectivity index (χ2v) is 5.09. The second kappa shape index (κ2) is 9.56. The fourth-order valence-electron chi connectivity index (χ4n) is 1.28. The van der Waals surface area contributed by atoms with Gasteiger partial charge in [-0.2, -0.15) is 11.8 Å². The summed E-state index contributed by atoms with van der Waals surface area (Å²) in [5, 5.41) is 5.92. The van der Waals surface area contributed by atoms with E-state index in [1.807, 2.05) is 18.7 Å². The molecule has 0 saturated carbocycles. The summed E-state index contributed by atoms with van der Waals surface area (Å²) in [6.07, 6.45) is 6.15. The van der Waals surface area contributed by atoms with Gasteiger partial charge in [-0.05, 0) is 31.8 Å². The highest BCUT2D eigenvalue weighted by molar-refractivity contribution is 7.99. The minimum atomic E-state index is -0.185. The van der Waals surface area contributed by atoms with Crippen LogP contribution in [0.15, 0.2) is 0 Å². The first-order valence-electron chi connectivity index (χ1n) is 5.66. The van der Waals surface area contributed by atoms with Crippen molar-refractivity contribution in [3.63, 3.8) is 0 Å². The standard InChI is InChI=1S/C12H22N2OS/c1-5-8-13-12(15)11(4)14-10(3)7-9-16-6-2/h1,10-11,14H,6-9H2,2-4H3,(H,13,15). The fraction of sp³-hybridized carbons (Fsp3) is 0.750. The number of nitrogens with one attached hydrogen (secondary N) is 2. The summed E-state index contributed by atoms with van der Waals surface area (Å²) < 4.78 is 0. The molecule has 92 valence electrons. The van der Waals surface area contributed by atoms with Gasteiger partial charge in [-0.1, -0.05) is 12.8 Å². The van der Waals surface area contributed by atoms with Gasteiger partial charge in [0.15, 0.2) is 0 Å². The highest BCUT2D eigenvalue weighted by atomic mass is 32.2. The molecule has 0 heterocycles. The molecular formula is C12H22N2OS. The van der Waals surface area contributed by atoms with Crippen molar-refractivity contribution in [1.29, 1.82) is 0 Å². The van der Waals surface area contributed by atoms with Crippen LogP contribution >= 0.6 is 11.8 Å². The molecule has 0 aromatic heterocycles. The first-order chi connectivity index (χ1) is 7.61. The van der Waals surface area contributed by atoms with Crippen LogP contribution in [-0.4, -0.2) is 36.0 Å². The van der Waals surface area contributed by atoms with E-state index in [2.05, 4.69) is 30.4 Å². The smallest absolute Gasteiger partial charge is 0.237 e. The molecule has 0 aliphatic heterocycles. The van der Waals surface area contributed by atoms with Crippen molar-refractivity contribution in [1.82, 2.24) is 10.6 Å². The van der Waals surface area contributed by atoms with Crippen LogP contribution in [0.3, 0.4) is 0 Å². The number of carbonyl (C=O) groups is 1. The average Bonchev–Trinajstić information content (AvgIpc) is 2.26. The van der Waals surface area contributed by atoms with Crippen molar-refractivity contribution in [2.24, 2.45) is 0 Å². The highest BCUT2D eigenvalue weighted by Gasteiger charge is 2.13. The van der Waals surface area contributed by atoms with Crippen LogP contribution in [0.1, 0.15) is 27.2 Å². The maximum Gasteiger partial charge on any atom is 0.237 e. The van der Waals surface area contributed by atoms with Gasteiger partial charge in [0.2, 0.25) is 5.91 Å². The molecule has 2 atom stereocenters. The van der Waals surface area contributed by atoms with E-state index in [1.165, 1.54) is 0 Å². The third-order valence-corrected chi connectivity index (χ3v) is 3.12. The monoisotopic (exact) mass is 242 g/mol. The molecule has 0 aliphatic carbocycles. The van der Waals surface area contributed by atoms with Crippen LogP contribution in [0.2, 0.25) is 0 Å². The van der Waals surface area contributed by atoms with E-state index in [0.29, 0.717) is 12.6 Å². The molecule has 0 bridgehead atoms. The van der Waals surface area contributed by atoms with Gasteiger partial charge in [0.05, 0.1) is 12.6 Å². The fourth-order valence-corrected chi connectivity index (χ4v) is 2.09. The first kappa shape index (κ1) is 15.3. The highest BCUT2D eigenvalue weighted by Crippen LogP contribution is 2.04. The normalized spacial score (nSPS) is 13.9. The molecule has 2 unspecified atom stereocenters. The van der Waals surface area contributed by atoms with Crippen LogP contribution < -0.4 is 10.6 Å². The van der Waals surface area contributed by atoms with Gasteiger partial charge >= 0.3 is 0 Å². The molecular weight excluding hydrogens is 220 g/mol. The van der Waals surface area contributed by atoms with Gasteiger partial charge in [-0.25, -0.2) is 0 Å². The van der Waals surface area contributed by atoms with E-state index in [-0.39, 0.29) is 11.9 Å². The number of carbonyl (C=O) groups excluding carboxylic acids is 1. The number of thioether (sulfide) groups is 1. The van der Waals surface area contributed by atoms with Gasteiger partial charge in [-0.15, -0.1) is 6.42 Å². The van der Waals surface area contributed by atoms with Crippen LogP contribution in [0, 0.1) is 12.3 Å². The Balaban J connectivity index is 3.72. The molecule has 4 heteroatoms. The van der Waals surface area contributed by atoms with E-state index in [9.17, 15) is 4.79 Å². The Bertz CT molecular complexity index is 238. The number of hydrogen-bond acceptors (Lipinski definition) is 3. The van der Waals surface area contributed by atoms with Crippen molar-refractivity contribution >= 4 is 17.7 Å². The zero-order valence-electron chi connectivity index (χ0n) is 10.4. The lowest BCUT2D eigenvalue weighted by atomic mass is 10.2. The molecule has 0 aromatic carbocycles. The Labute approximate surface area is 103 Å². The van der Waals surface area contributed by atoms with E-state index in [0.717, 1.165) is 17.9 Å². The number of hydrogen-bond donors (Lipinski definition) is 2. The third kappa shape index (κ3) is 7.61. The first-order valence-corrected chi connectivity index (χ1v) is 6.82. The van der Waals surface area contributed by atoms with Gasteiger partial charge < -0.3 is 10.6 Å². The van der Waals surface area contributed by atoms with Crippen LogP contribution in [0.5, 0.6) is 0 Å². The van der Waals surface area contributed by atoms with Crippen molar-refractivity contribution < 1.29 is 4.79 Å². The van der Waals surface area contributed by atoms with Gasteiger partial charge in [0.25, 0.3) is 0 Å². The molecule has 0 fully saturated rings. The average molecular weight is 242 g/mol. The molecule has 0 radical (unpaired) electrons. The largest absolute Gasteiger partial charge is 0.344 e. The van der Waals surface area contributed by atoms with Gasteiger partial charge in [0, 0.05) is 6.04 Å². The van der Waals surface area contributed by atoms with Crippen molar-refractivity contribution in [2.45, 2.75) is 39.3 Å². The van der Waals surface area contributed by atoms with Crippen LogP contribution in [0.25, 0.3) is 0 Å². The zero-order valence-corrected chi connectivity index (χ0v) is 11.2. The van der Waals surface area contributed by atoms with E-state index in [4.69, 9.17) is 6.42 Å². The summed E-state index contributed by atoms with van der Waals surface area (Å²) in [6, 6.07) is 0.167. The minimum absolute atomic E-state index is 0.0343. The summed E-state index contributed by atoms with van der Waals surface area (Å²) in [4.78, 5) is 11.5. The SMILES string of the molecule is C#CCNC(=O)C(C)NC(C)CCSCC. The molecule has 2 N–H and O–H groups in total. The van der Waals surface area contributed by atoms with E-state index < -0.39 is 0 Å². The molecule has 0 aromatic rings. The van der Waals surface area contributed by atoms with Gasteiger partial charge in [0.1, 0.15) is 0 Å². The maximum atomic E-state index is 11.5. The molecule has 0 saturated heterocycles. The Morgan fingerprint density at radius 3 is 2.75 bits per heavy atom. The molecule has 3 nitrogen and oxygen atoms in total. The molecule has 1 amide bonds. The third-order valence-electron chi connectivity index (χ3n) is 2.19. The Morgan fingerprint density at radius 1 is 1.50 bits per heavy atom. The predicted octanol–water partition coefficient (Wildman–Crippen LogP) is 1.25. The Morgan fingerprint density at radius 2 is 2.19 bits per heavy atom. The van der Waals surface area contributed by atoms with Gasteiger partial charge in [-0.3, -0.25) is 4.79 Å². The van der Waals surface area contributed by atoms with Crippen LogP contribution in [-0.2, 0) is 4.79 Å². The molecule has 0 aliphatic rings. The molecule has 0 spiro atoms. The van der Waals surface area contributed by atoms with Crippen molar-refractivity contribution in [2.75, 3.05) is 18.1 Å². The van der Waals surface area contributed by atoms with Crippen LogP contribution in [0.4, 0.5) is 0 Å². The van der Waals surface area contributed by atoms with Crippen molar-refractivity contribution in [3.8, 4) is 12.3 Å². The lowest BCUT2D eigenvalue weighted by Gasteiger charge is -2.18. The Kier molecular flexibility index (Phi) is 9.16. The summed E-state index contributed by atoms with van der Waals surface area (Å²) >= 11 is 1.92. The summed E-state index contributed by atoms with van der Waals surface area (Å²) in [5.74, 6) is 4.62. The summed E-state index contributed by atoms with van der Waals surface area (Å²) in [7, 11) is 0. The maximum absolute atomic E-state index is 11.5. The summed E-state index contributed by atoms with van der Waals surface area (Å²) in [6.45, 7) is 6.40. The predicted molar refractivity (Wildman–Crippen MR) is 71.5 cm³/mol. The lowest BCUT2D eigenvalue weighted by molar-refractivity contribution is -0.122. The van der Waals surface area contributed by atoms with E-state index in [1.54, 1.807) is 0 Å².